The highest BCUT2D eigenvalue weighted by Crippen LogP contribution is 2.31. The average molecular weight is 345 g/mol. The quantitative estimate of drug-likeness (QED) is 0.788. The smallest absolute Gasteiger partial charge is 0.255 e. The van der Waals surface area contributed by atoms with Crippen LogP contribution < -0.4 is 10.2 Å². The molecule has 2 aromatic carbocycles. The van der Waals surface area contributed by atoms with Crippen LogP contribution in [0.5, 0.6) is 0 Å². The lowest BCUT2D eigenvalue weighted by atomic mass is 10.1. The first kappa shape index (κ1) is 16.1. The molecular formula is C21H19N3O2. The van der Waals surface area contributed by atoms with Crippen LogP contribution in [-0.2, 0) is 11.2 Å². The predicted molar refractivity (Wildman–Crippen MR) is 102 cm³/mol. The summed E-state index contributed by atoms with van der Waals surface area (Å²) in [6.07, 6.45) is 4.73. The summed E-state index contributed by atoms with van der Waals surface area (Å²) in [5.74, 6) is -0.155. The second-order valence-electron chi connectivity index (χ2n) is 6.36. The lowest BCUT2D eigenvalue weighted by molar-refractivity contribution is -0.116. The number of hydrogen-bond acceptors (Lipinski definition) is 2. The van der Waals surface area contributed by atoms with Gasteiger partial charge in [-0.05, 0) is 54.4 Å². The molecular weight excluding hydrogens is 326 g/mol. The first-order valence-electron chi connectivity index (χ1n) is 8.57. The number of carbonyl (C=O) groups is 2. The van der Waals surface area contributed by atoms with E-state index in [1.54, 1.807) is 17.9 Å². The van der Waals surface area contributed by atoms with Crippen LogP contribution in [0.1, 0.15) is 22.8 Å². The van der Waals surface area contributed by atoms with Crippen LogP contribution in [0.4, 0.5) is 11.4 Å². The summed E-state index contributed by atoms with van der Waals surface area (Å²) in [6, 6.07) is 17.1. The topological polar surface area (TPSA) is 54.3 Å². The van der Waals surface area contributed by atoms with Crippen molar-refractivity contribution >= 4 is 23.2 Å². The maximum atomic E-state index is 12.7. The molecule has 0 unspecified atom stereocenters. The van der Waals surface area contributed by atoms with E-state index in [2.05, 4.69) is 5.32 Å². The summed E-state index contributed by atoms with van der Waals surface area (Å²) in [4.78, 5) is 26.1. The fourth-order valence-electron chi connectivity index (χ4n) is 3.30. The maximum Gasteiger partial charge on any atom is 0.255 e. The third kappa shape index (κ3) is 2.99. The van der Waals surface area contributed by atoms with E-state index in [-0.39, 0.29) is 11.8 Å². The van der Waals surface area contributed by atoms with Gasteiger partial charge in [-0.15, -0.1) is 0 Å². The Balaban J connectivity index is 1.57. The second kappa shape index (κ2) is 6.52. The molecule has 1 aromatic heterocycles. The van der Waals surface area contributed by atoms with Crippen molar-refractivity contribution in [1.29, 1.82) is 0 Å². The number of rotatable bonds is 3. The van der Waals surface area contributed by atoms with Gasteiger partial charge < -0.3 is 14.8 Å². The minimum absolute atomic E-state index is 0.0200. The Kier molecular flexibility index (Phi) is 4.05. The van der Waals surface area contributed by atoms with Crippen molar-refractivity contribution in [3.63, 3.8) is 0 Å². The largest absolute Gasteiger partial charge is 0.324 e. The van der Waals surface area contributed by atoms with Gasteiger partial charge in [0.2, 0.25) is 5.91 Å². The average Bonchev–Trinajstić information content (AvgIpc) is 3.31. The van der Waals surface area contributed by atoms with Crippen LogP contribution in [0, 0.1) is 0 Å². The number of hydrogen-bond donors (Lipinski definition) is 1. The SMILES string of the molecule is CC(=O)N1CCc2ccc(NC(=O)c3cccc(-n4cccc4)c3)cc21. The molecule has 5 heteroatoms. The standard InChI is InChI=1S/C21H19N3O2/c1-15(25)24-12-9-16-7-8-18(14-20(16)24)22-21(26)17-5-4-6-19(13-17)23-10-2-3-11-23/h2-8,10-11,13-14H,9,12H2,1H3,(H,22,26). The van der Waals surface area contributed by atoms with Crippen molar-refractivity contribution in [3.05, 3.63) is 78.1 Å². The van der Waals surface area contributed by atoms with Crippen molar-refractivity contribution in [2.45, 2.75) is 13.3 Å². The molecule has 0 radical (unpaired) electrons. The van der Waals surface area contributed by atoms with E-state index in [9.17, 15) is 9.59 Å². The van der Waals surface area contributed by atoms with Crippen LogP contribution in [0.2, 0.25) is 0 Å². The highest BCUT2D eigenvalue weighted by atomic mass is 16.2. The molecule has 130 valence electrons. The summed E-state index contributed by atoms with van der Waals surface area (Å²) in [6.45, 7) is 2.26. The third-order valence-electron chi connectivity index (χ3n) is 4.63. The van der Waals surface area contributed by atoms with Gasteiger partial charge in [-0.3, -0.25) is 9.59 Å². The summed E-state index contributed by atoms with van der Waals surface area (Å²) < 4.78 is 1.96. The Morgan fingerprint density at radius 2 is 1.81 bits per heavy atom. The number of benzene rings is 2. The van der Waals surface area contributed by atoms with Crippen molar-refractivity contribution in [2.24, 2.45) is 0 Å². The summed E-state index contributed by atoms with van der Waals surface area (Å²) in [5, 5.41) is 2.93. The Morgan fingerprint density at radius 1 is 1.00 bits per heavy atom. The molecule has 4 rings (SSSR count). The van der Waals surface area contributed by atoms with E-state index in [0.717, 1.165) is 23.4 Å². The Labute approximate surface area is 151 Å². The van der Waals surface area contributed by atoms with E-state index in [4.69, 9.17) is 0 Å². The van der Waals surface area contributed by atoms with Gasteiger partial charge in [0, 0.05) is 48.5 Å². The minimum atomic E-state index is -0.175. The van der Waals surface area contributed by atoms with Gasteiger partial charge in [-0.2, -0.15) is 0 Å². The molecule has 1 N–H and O–H groups in total. The van der Waals surface area contributed by atoms with Crippen molar-refractivity contribution in [3.8, 4) is 5.69 Å². The third-order valence-corrected chi connectivity index (χ3v) is 4.63. The van der Waals surface area contributed by atoms with Crippen LogP contribution in [0.25, 0.3) is 5.69 Å². The summed E-state index contributed by atoms with van der Waals surface area (Å²) in [7, 11) is 0. The molecule has 0 bridgehead atoms. The number of aromatic nitrogens is 1. The van der Waals surface area contributed by atoms with Gasteiger partial charge in [0.1, 0.15) is 0 Å². The molecule has 26 heavy (non-hydrogen) atoms. The molecule has 5 nitrogen and oxygen atoms in total. The van der Waals surface area contributed by atoms with Gasteiger partial charge in [-0.25, -0.2) is 0 Å². The number of fused-ring (bicyclic) bond motifs is 1. The van der Waals surface area contributed by atoms with Gasteiger partial charge in [0.25, 0.3) is 5.91 Å². The molecule has 2 heterocycles. The van der Waals surface area contributed by atoms with Crippen molar-refractivity contribution in [2.75, 3.05) is 16.8 Å². The number of nitrogens with zero attached hydrogens (tertiary/aromatic N) is 2. The molecule has 0 atom stereocenters. The zero-order valence-electron chi connectivity index (χ0n) is 14.5. The Hall–Kier alpha value is -3.34. The zero-order chi connectivity index (χ0) is 18.1. The van der Waals surface area contributed by atoms with Gasteiger partial charge >= 0.3 is 0 Å². The second-order valence-corrected chi connectivity index (χ2v) is 6.36. The molecule has 1 aliphatic rings. The fourth-order valence-corrected chi connectivity index (χ4v) is 3.30. The molecule has 0 saturated heterocycles. The van der Waals surface area contributed by atoms with Gasteiger partial charge in [0.05, 0.1) is 0 Å². The summed E-state index contributed by atoms with van der Waals surface area (Å²) >= 11 is 0. The van der Waals surface area contributed by atoms with E-state index >= 15 is 0 Å². The van der Waals surface area contributed by atoms with Crippen molar-refractivity contribution in [1.82, 2.24) is 4.57 Å². The number of nitrogens with one attached hydrogen (secondary N) is 1. The minimum Gasteiger partial charge on any atom is -0.324 e. The highest BCUT2D eigenvalue weighted by molar-refractivity contribution is 6.05. The molecule has 0 spiro atoms. The lowest BCUT2D eigenvalue weighted by Crippen LogP contribution is -2.25. The zero-order valence-corrected chi connectivity index (χ0v) is 14.5. The molecule has 2 amide bonds. The Morgan fingerprint density at radius 3 is 2.58 bits per heavy atom. The maximum absolute atomic E-state index is 12.7. The van der Waals surface area contributed by atoms with Crippen molar-refractivity contribution < 1.29 is 9.59 Å². The number of amides is 2. The van der Waals surface area contributed by atoms with Gasteiger partial charge in [-0.1, -0.05) is 12.1 Å². The normalized spacial score (nSPS) is 12.7. The number of anilines is 2. The summed E-state index contributed by atoms with van der Waals surface area (Å²) in [5.41, 5.74) is 4.22. The molecule has 0 aliphatic carbocycles. The van der Waals surface area contributed by atoms with E-state index in [1.807, 2.05) is 65.5 Å². The van der Waals surface area contributed by atoms with E-state index in [0.29, 0.717) is 17.8 Å². The van der Waals surface area contributed by atoms with Gasteiger partial charge in [0.15, 0.2) is 0 Å². The lowest BCUT2D eigenvalue weighted by Gasteiger charge is -2.16. The number of carbonyl (C=O) groups excluding carboxylic acids is 2. The molecule has 0 fully saturated rings. The fraction of sp³-hybridized carbons (Fsp3) is 0.143. The van der Waals surface area contributed by atoms with Crippen LogP contribution in [0.15, 0.2) is 67.0 Å². The Bertz CT molecular complexity index is 977. The first-order chi connectivity index (χ1) is 12.6. The van der Waals surface area contributed by atoms with E-state index < -0.39 is 0 Å². The first-order valence-corrected chi connectivity index (χ1v) is 8.57. The van der Waals surface area contributed by atoms with Crippen LogP contribution in [0.3, 0.4) is 0 Å². The molecule has 3 aromatic rings. The predicted octanol–water partition coefficient (Wildman–Crippen LogP) is 3.64. The van der Waals surface area contributed by atoms with Crippen LogP contribution in [-0.4, -0.2) is 22.9 Å². The highest BCUT2D eigenvalue weighted by Gasteiger charge is 2.22. The monoisotopic (exact) mass is 345 g/mol. The molecule has 0 saturated carbocycles. The van der Waals surface area contributed by atoms with E-state index in [1.165, 1.54) is 0 Å². The van der Waals surface area contributed by atoms with Crippen LogP contribution >= 0.6 is 0 Å². The molecule has 1 aliphatic heterocycles.